The largest absolute Gasteiger partial charge is 0.340 e. The standard InChI is InChI=1S/C21H24N4O2/c1-14(19(26)24-25-13-22-17-7-5-6-8-18(17)25)23-20(27)15-9-11-16(12-10-15)21(2,3)4/h5-14H,1-4H3,(H,23,27)(H,24,26). The maximum atomic E-state index is 12.4. The fourth-order valence-corrected chi connectivity index (χ4v) is 2.73. The molecule has 1 atom stereocenters. The molecule has 2 aromatic carbocycles. The minimum atomic E-state index is -0.694. The number of amides is 2. The lowest BCUT2D eigenvalue weighted by Gasteiger charge is -2.19. The van der Waals surface area contributed by atoms with Crippen molar-refractivity contribution in [3.8, 4) is 0 Å². The van der Waals surface area contributed by atoms with E-state index < -0.39 is 6.04 Å². The van der Waals surface area contributed by atoms with Gasteiger partial charge in [-0.15, -0.1) is 0 Å². The van der Waals surface area contributed by atoms with Gasteiger partial charge in [0.2, 0.25) is 0 Å². The molecule has 1 aromatic heterocycles. The van der Waals surface area contributed by atoms with Crippen molar-refractivity contribution in [1.29, 1.82) is 0 Å². The molecule has 0 aliphatic carbocycles. The quantitative estimate of drug-likeness (QED) is 0.746. The second-order valence-corrected chi connectivity index (χ2v) is 7.60. The number of carbonyl (C=O) groups is 2. The third-order valence-electron chi connectivity index (χ3n) is 4.44. The molecule has 6 heteroatoms. The van der Waals surface area contributed by atoms with Crippen molar-refractivity contribution < 1.29 is 9.59 Å². The Balaban J connectivity index is 1.64. The van der Waals surface area contributed by atoms with Crippen molar-refractivity contribution in [2.24, 2.45) is 0 Å². The molecule has 0 bridgehead atoms. The third-order valence-corrected chi connectivity index (χ3v) is 4.44. The fourth-order valence-electron chi connectivity index (χ4n) is 2.73. The summed E-state index contributed by atoms with van der Waals surface area (Å²) in [5, 5.41) is 2.73. The molecule has 0 aliphatic heterocycles. The first kappa shape index (κ1) is 18.6. The van der Waals surface area contributed by atoms with Crippen molar-refractivity contribution in [2.75, 3.05) is 5.43 Å². The van der Waals surface area contributed by atoms with E-state index in [9.17, 15) is 9.59 Å². The van der Waals surface area contributed by atoms with Crippen molar-refractivity contribution in [1.82, 2.24) is 15.0 Å². The molecule has 2 N–H and O–H groups in total. The molecular formula is C21H24N4O2. The number of nitrogens with zero attached hydrogens (tertiary/aromatic N) is 2. The van der Waals surface area contributed by atoms with Gasteiger partial charge in [-0.25, -0.2) is 9.66 Å². The van der Waals surface area contributed by atoms with E-state index in [1.807, 2.05) is 36.4 Å². The van der Waals surface area contributed by atoms with Crippen LogP contribution < -0.4 is 10.7 Å². The average Bonchev–Trinajstić information content (AvgIpc) is 3.04. The molecule has 1 unspecified atom stereocenters. The normalized spacial score (nSPS) is 12.6. The summed E-state index contributed by atoms with van der Waals surface area (Å²) < 4.78 is 1.55. The van der Waals surface area contributed by atoms with Crippen LogP contribution in [0.2, 0.25) is 0 Å². The molecule has 0 aliphatic rings. The molecule has 1 heterocycles. The lowest BCUT2D eigenvalue weighted by atomic mass is 9.86. The highest BCUT2D eigenvalue weighted by Crippen LogP contribution is 2.22. The zero-order valence-corrected chi connectivity index (χ0v) is 16.0. The summed E-state index contributed by atoms with van der Waals surface area (Å²) in [4.78, 5) is 29.1. The van der Waals surface area contributed by atoms with Crippen LogP contribution in [0.25, 0.3) is 11.0 Å². The van der Waals surface area contributed by atoms with Crippen LogP contribution in [0.4, 0.5) is 0 Å². The van der Waals surface area contributed by atoms with Crippen LogP contribution in [0.15, 0.2) is 54.9 Å². The number of hydrogen-bond acceptors (Lipinski definition) is 3. The van der Waals surface area contributed by atoms with Crippen LogP contribution in [-0.2, 0) is 10.2 Å². The fraction of sp³-hybridized carbons (Fsp3) is 0.286. The molecule has 2 amide bonds. The first-order valence-corrected chi connectivity index (χ1v) is 8.90. The Morgan fingerprint density at radius 1 is 1.04 bits per heavy atom. The van der Waals surface area contributed by atoms with Gasteiger partial charge in [-0.1, -0.05) is 45.0 Å². The Labute approximate surface area is 158 Å². The molecule has 0 saturated carbocycles. The minimum Gasteiger partial charge on any atom is -0.340 e. The van der Waals surface area contributed by atoms with E-state index in [2.05, 4.69) is 36.5 Å². The maximum absolute atomic E-state index is 12.4. The van der Waals surface area contributed by atoms with Gasteiger partial charge in [0.15, 0.2) is 0 Å². The van der Waals surface area contributed by atoms with Crippen molar-refractivity contribution in [3.05, 3.63) is 66.0 Å². The van der Waals surface area contributed by atoms with Crippen LogP contribution in [-0.4, -0.2) is 27.5 Å². The number of fused-ring (bicyclic) bond motifs is 1. The predicted molar refractivity (Wildman–Crippen MR) is 106 cm³/mol. The second kappa shape index (κ2) is 7.23. The van der Waals surface area contributed by atoms with E-state index >= 15 is 0 Å². The predicted octanol–water partition coefficient (Wildman–Crippen LogP) is 3.22. The Kier molecular flexibility index (Phi) is 4.99. The van der Waals surface area contributed by atoms with Gasteiger partial charge in [-0.05, 0) is 42.2 Å². The number of aromatic nitrogens is 2. The number of benzene rings is 2. The van der Waals surface area contributed by atoms with Crippen LogP contribution in [0.3, 0.4) is 0 Å². The highest BCUT2D eigenvalue weighted by Gasteiger charge is 2.19. The topological polar surface area (TPSA) is 76.0 Å². The zero-order chi connectivity index (χ0) is 19.6. The zero-order valence-electron chi connectivity index (χ0n) is 16.0. The number of imidazole rings is 1. The lowest BCUT2D eigenvalue weighted by Crippen LogP contribution is -2.43. The Morgan fingerprint density at radius 2 is 1.70 bits per heavy atom. The van der Waals surface area contributed by atoms with Crippen molar-refractivity contribution >= 4 is 22.8 Å². The summed E-state index contributed by atoms with van der Waals surface area (Å²) in [6, 6.07) is 14.2. The van der Waals surface area contributed by atoms with E-state index in [0.717, 1.165) is 16.6 Å². The summed E-state index contributed by atoms with van der Waals surface area (Å²) in [6.07, 6.45) is 1.54. The molecule has 3 aromatic rings. The number of carbonyl (C=O) groups excluding carboxylic acids is 2. The van der Waals surface area contributed by atoms with E-state index in [4.69, 9.17) is 0 Å². The van der Waals surface area contributed by atoms with Gasteiger partial charge in [-0.3, -0.25) is 15.0 Å². The number of hydrogen-bond donors (Lipinski definition) is 2. The Bertz CT molecular complexity index is 968. The van der Waals surface area contributed by atoms with Gasteiger partial charge in [0.05, 0.1) is 11.0 Å². The second-order valence-electron chi connectivity index (χ2n) is 7.60. The number of rotatable bonds is 4. The molecule has 0 radical (unpaired) electrons. The molecule has 6 nitrogen and oxygen atoms in total. The van der Waals surface area contributed by atoms with Gasteiger partial charge in [0, 0.05) is 5.56 Å². The van der Waals surface area contributed by atoms with Crippen LogP contribution in [0, 0.1) is 0 Å². The van der Waals surface area contributed by atoms with Crippen LogP contribution in [0.5, 0.6) is 0 Å². The molecule has 3 rings (SSSR count). The lowest BCUT2D eigenvalue weighted by molar-refractivity contribution is -0.118. The highest BCUT2D eigenvalue weighted by molar-refractivity contribution is 5.99. The van der Waals surface area contributed by atoms with Crippen molar-refractivity contribution in [3.63, 3.8) is 0 Å². The Hall–Kier alpha value is -3.15. The van der Waals surface area contributed by atoms with Crippen LogP contribution >= 0.6 is 0 Å². The van der Waals surface area contributed by atoms with Gasteiger partial charge < -0.3 is 5.32 Å². The minimum absolute atomic E-state index is 0.0236. The summed E-state index contributed by atoms with van der Waals surface area (Å²) >= 11 is 0. The van der Waals surface area contributed by atoms with Gasteiger partial charge in [0.1, 0.15) is 12.4 Å². The van der Waals surface area contributed by atoms with Crippen LogP contribution in [0.1, 0.15) is 43.6 Å². The van der Waals surface area contributed by atoms with Crippen molar-refractivity contribution in [2.45, 2.75) is 39.2 Å². The SMILES string of the molecule is CC(NC(=O)c1ccc(C(C)(C)C)cc1)C(=O)Nn1cnc2ccccc21. The number of nitrogens with one attached hydrogen (secondary N) is 2. The molecule has 27 heavy (non-hydrogen) atoms. The first-order chi connectivity index (χ1) is 12.8. The average molecular weight is 364 g/mol. The van der Waals surface area contributed by atoms with E-state index in [-0.39, 0.29) is 17.2 Å². The monoisotopic (exact) mass is 364 g/mol. The summed E-state index contributed by atoms with van der Waals surface area (Å²) in [7, 11) is 0. The smallest absolute Gasteiger partial charge is 0.261 e. The summed E-state index contributed by atoms with van der Waals surface area (Å²) in [6.45, 7) is 8.01. The summed E-state index contributed by atoms with van der Waals surface area (Å²) in [5.74, 6) is -0.605. The molecule has 0 fully saturated rings. The van der Waals surface area contributed by atoms with E-state index in [1.165, 1.54) is 0 Å². The van der Waals surface area contributed by atoms with E-state index in [1.54, 1.807) is 30.1 Å². The number of para-hydroxylation sites is 2. The van der Waals surface area contributed by atoms with Gasteiger partial charge in [0.25, 0.3) is 11.8 Å². The summed E-state index contributed by atoms with van der Waals surface area (Å²) in [5.41, 5.74) is 6.03. The van der Waals surface area contributed by atoms with Gasteiger partial charge >= 0.3 is 0 Å². The Morgan fingerprint density at radius 3 is 2.37 bits per heavy atom. The molecular weight excluding hydrogens is 340 g/mol. The highest BCUT2D eigenvalue weighted by atomic mass is 16.2. The van der Waals surface area contributed by atoms with Gasteiger partial charge in [-0.2, -0.15) is 0 Å². The van der Waals surface area contributed by atoms with E-state index in [0.29, 0.717) is 5.56 Å². The molecule has 0 saturated heterocycles. The maximum Gasteiger partial charge on any atom is 0.261 e. The first-order valence-electron chi connectivity index (χ1n) is 8.90. The molecule has 140 valence electrons. The molecule has 0 spiro atoms. The third kappa shape index (κ3) is 4.16.